The van der Waals surface area contributed by atoms with E-state index in [-0.39, 0.29) is 18.1 Å². The van der Waals surface area contributed by atoms with E-state index in [0.717, 1.165) is 6.07 Å². The van der Waals surface area contributed by atoms with Crippen LogP contribution < -0.4 is 11.2 Å². The summed E-state index contributed by atoms with van der Waals surface area (Å²) in [5.74, 6) is -1.15. The minimum Gasteiger partial charge on any atom is -0.462 e. The van der Waals surface area contributed by atoms with Crippen molar-refractivity contribution in [3.63, 3.8) is 0 Å². The number of hydrogen-bond donors (Lipinski definition) is 3. The number of anilines is 1. The van der Waals surface area contributed by atoms with Gasteiger partial charge in [0.2, 0.25) is 11.4 Å². The molecule has 1 aromatic rings. The van der Waals surface area contributed by atoms with Crippen LogP contribution in [0, 0.1) is 0 Å². The molecule has 8 heteroatoms. The molecule has 0 amide bonds. The van der Waals surface area contributed by atoms with Crippen LogP contribution in [-0.4, -0.2) is 22.4 Å². The van der Waals surface area contributed by atoms with E-state index >= 15 is 0 Å². The van der Waals surface area contributed by atoms with Crippen LogP contribution in [0.2, 0.25) is 0 Å². The average molecular weight is 235 g/mol. The van der Waals surface area contributed by atoms with Crippen LogP contribution in [0.15, 0.2) is 10.5 Å². The Labute approximate surface area is 85.0 Å². The Morgan fingerprint density at radius 3 is 2.67 bits per heavy atom. The van der Waals surface area contributed by atoms with E-state index in [1.807, 2.05) is 0 Å². The second kappa shape index (κ2) is 4.06. The topological polar surface area (TPSA) is 123 Å². The summed E-state index contributed by atoms with van der Waals surface area (Å²) in [5.41, 5.74) is 4.42. The molecule has 0 radical (unpaired) electrons. The highest BCUT2D eigenvalue weighted by Crippen LogP contribution is 2.35. The number of carbonyl (C=O) groups excluding carboxylic acids is 1. The molecule has 0 spiro atoms. The van der Waals surface area contributed by atoms with Crippen molar-refractivity contribution >= 4 is 25.0 Å². The Morgan fingerprint density at radius 1 is 1.67 bits per heavy atom. The van der Waals surface area contributed by atoms with Gasteiger partial charge in [0, 0.05) is 6.07 Å². The molecule has 0 saturated carbocycles. The van der Waals surface area contributed by atoms with E-state index < -0.39 is 19.1 Å². The third-order valence-electron chi connectivity index (χ3n) is 1.53. The van der Waals surface area contributed by atoms with E-state index in [4.69, 9.17) is 15.5 Å². The van der Waals surface area contributed by atoms with E-state index in [1.165, 1.54) is 0 Å². The molecule has 1 aromatic heterocycles. The lowest BCUT2D eigenvalue weighted by Crippen LogP contribution is -2.06. The Bertz CT molecular complexity index is 419. The Balaban J connectivity index is 3.07. The number of nitrogen functional groups attached to an aromatic ring is 1. The number of ether oxygens (including phenoxy) is 1. The molecule has 1 heterocycles. The predicted octanol–water partition coefficient (Wildman–Crippen LogP) is -0.158. The number of hydrogen-bond acceptors (Lipinski definition) is 5. The summed E-state index contributed by atoms with van der Waals surface area (Å²) >= 11 is 0. The summed E-state index contributed by atoms with van der Waals surface area (Å²) in [4.78, 5) is 28.7. The van der Waals surface area contributed by atoms with Crippen molar-refractivity contribution in [2.45, 2.75) is 6.92 Å². The lowest BCUT2D eigenvalue weighted by Gasteiger charge is -1.97. The third-order valence-corrected chi connectivity index (χ3v) is 2.32. The van der Waals surface area contributed by atoms with Crippen molar-refractivity contribution in [1.29, 1.82) is 0 Å². The minimum atomic E-state index is -4.54. The summed E-state index contributed by atoms with van der Waals surface area (Å²) in [6.45, 7) is 1.73. The molecule has 0 unspecified atom stereocenters. The van der Waals surface area contributed by atoms with Gasteiger partial charge in [0.1, 0.15) is 5.56 Å². The number of esters is 1. The highest BCUT2D eigenvalue weighted by molar-refractivity contribution is 7.59. The van der Waals surface area contributed by atoms with E-state index in [0.29, 0.717) is 0 Å². The van der Waals surface area contributed by atoms with Crippen molar-refractivity contribution in [3.8, 4) is 0 Å². The van der Waals surface area contributed by atoms with Gasteiger partial charge in [-0.05, 0) is 6.92 Å². The summed E-state index contributed by atoms with van der Waals surface area (Å²) < 4.78 is 19.9. The number of nitrogens with two attached hydrogens (primary N) is 1. The monoisotopic (exact) mass is 235 g/mol. The zero-order valence-electron chi connectivity index (χ0n) is 7.84. The van der Waals surface area contributed by atoms with Crippen LogP contribution in [0.4, 0.5) is 5.88 Å². The smallest absolute Gasteiger partial charge is 0.391 e. The molecule has 0 saturated heterocycles. The van der Waals surface area contributed by atoms with Crippen LogP contribution >= 0.6 is 7.60 Å². The molecule has 0 aliphatic carbocycles. The summed E-state index contributed by atoms with van der Waals surface area (Å²) in [5, 5.41) is 0. The molecule has 15 heavy (non-hydrogen) atoms. The van der Waals surface area contributed by atoms with Crippen LogP contribution in [-0.2, 0) is 9.30 Å². The highest BCUT2D eigenvalue weighted by atomic mass is 31.2. The first-order valence-corrected chi connectivity index (χ1v) is 5.60. The fourth-order valence-corrected chi connectivity index (χ4v) is 1.42. The van der Waals surface area contributed by atoms with Crippen LogP contribution in [0.1, 0.15) is 17.3 Å². The van der Waals surface area contributed by atoms with E-state index in [2.05, 4.69) is 9.15 Å². The summed E-state index contributed by atoms with van der Waals surface area (Å²) in [6, 6.07) is 0.883. The maximum Gasteiger partial charge on any atom is 0.391 e. The van der Waals surface area contributed by atoms with Gasteiger partial charge in [-0.2, -0.15) is 0 Å². The first-order valence-electron chi connectivity index (χ1n) is 3.98. The van der Waals surface area contributed by atoms with Gasteiger partial charge in [-0.15, -0.1) is 0 Å². The maximum atomic E-state index is 11.2. The lowest BCUT2D eigenvalue weighted by atomic mass is 10.3. The lowest BCUT2D eigenvalue weighted by molar-refractivity contribution is 0.0527. The molecule has 4 N–H and O–H groups in total. The highest BCUT2D eigenvalue weighted by Gasteiger charge is 2.27. The second-order valence-electron chi connectivity index (χ2n) is 2.63. The van der Waals surface area contributed by atoms with Gasteiger partial charge in [0.25, 0.3) is 0 Å². The van der Waals surface area contributed by atoms with Gasteiger partial charge in [-0.25, -0.2) is 4.79 Å². The molecular formula is C7H10NO6P. The number of furan rings is 1. The second-order valence-corrected chi connectivity index (χ2v) is 4.16. The van der Waals surface area contributed by atoms with Crippen molar-refractivity contribution in [2.75, 3.05) is 12.3 Å². The van der Waals surface area contributed by atoms with Crippen molar-refractivity contribution < 1.29 is 28.3 Å². The first kappa shape index (κ1) is 11.8. The van der Waals surface area contributed by atoms with Crippen LogP contribution in [0.3, 0.4) is 0 Å². The SMILES string of the molecule is CCOC(=O)c1cc(P(=O)(O)O)oc1N. The van der Waals surface area contributed by atoms with Gasteiger partial charge in [0.15, 0.2) is 0 Å². The fourth-order valence-electron chi connectivity index (χ4n) is 0.904. The van der Waals surface area contributed by atoms with Crippen LogP contribution in [0.5, 0.6) is 0 Å². The van der Waals surface area contributed by atoms with Gasteiger partial charge in [-0.1, -0.05) is 0 Å². The van der Waals surface area contributed by atoms with Gasteiger partial charge in [0.05, 0.1) is 6.61 Å². The molecule has 0 aliphatic heterocycles. The van der Waals surface area contributed by atoms with Crippen molar-refractivity contribution in [3.05, 3.63) is 11.6 Å². The Hall–Kier alpha value is -1.30. The zero-order valence-corrected chi connectivity index (χ0v) is 8.73. The predicted molar refractivity (Wildman–Crippen MR) is 50.8 cm³/mol. The molecule has 7 nitrogen and oxygen atoms in total. The first-order chi connectivity index (χ1) is 6.86. The summed E-state index contributed by atoms with van der Waals surface area (Å²) in [7, 11) is -4.54. The molecular weight excluding hydrogens is 225 g/mol. The maximum absolute atomic E-state index is 11.2. The number of carbonyl (C=O) groups is 1. The third kappa shape index (κ3) is 2.59. The van der Waals surface area contributed by atoms with Gasteiger partial charge in [-0.3, -0.25) is 4.57 Å². The fraction of sp³-hybridized carbons (Fsp3) is 0.286. The average Bonchev–Trinajstić information content (AvgIpc) is 2.47. The Morgan fingerprint density at radius 2 is 2.27 bits per heavy atom. The van der Waals surface area contributed by atoms with Gasteiger partial charge >= 0.3 is 13.6 Å². The molecule has 0 aliphatic rings. The van der Waals surface area contributed by atoms with E-state index in [1.54, 1.807) is 6.92 Å². The number of rotatable bonds is 3. The van der Waals surface area contributed by atoms with Gasteiger partial charge < -0.3 is 24.7 Å². The van der Waals surface area contributed by atoms with Crippen molar-refractivity contribution in [1.82, 2.24) is 0 Å². The molecule has 1 rings (SSSR count). The summed E-state index contributed by atoms with van der Waals surface area (Å²) in [6.07, 6.45) is 0. The zero-order chi connectivity index (χ0) is 11.6. The minimum absolute atomic E-state index is 0.134. The van der Waals surface area contributed by atoms with Crippen LogP contribution in [0.25, 0.3) is 0 Å². The largest absolute Gasteiger partial charge is 0.462 e. The molecule has 0 fully saturated rings. The molecule has 0 aromatic carbocycles. The van der Waals surface area contributed by atoms with E-state index in [9.17, 15) is 9.36 Å². The Kier molecular flexibility index (Phi) is 3.18. The molecule has 84 valence electrons. The standard InChI is InChI=1S/C7H10NO6P/c1-2-13-7(9)4-3-5(14-6(4)8)15(10,11)12/h3H,2,8H2,1H3,(H2,10,11,12). The molecule has 0 atom stereocenters. The van der Waals surface area contributed by atoms with Crippen molar-refractivity contribution in [2.24, 2.45) is 0 Å². The molecule has 0 bridgehead atoms. The normalized spacial score (nSPS) is 11.4. The quantitative estimate of drug-likeness (QED) is 0.491.